The molecule has 3 rings (SSSR count). The van der Waals surface area contributed by atoms with Gasteiger partial charge in [-0.1, -0.05) is 67.1 Å². The summed E-state index contributed by atoms with van der Waals surface area (Å²) in [6.07, 6.45) is 1.80. The molecule has 0 fully saturated rings. The number of hydrogen-bond acceptors (Lipinski definition) is 6. The topological polar surface area (TPSA) is 130 Å². The zero-order valence-corrected chi connectivity index (χ0v) is 24.7. The van der Waals surface area contributed by atoms with Crippen LogP contribution in [-0.4, -0.2) is 55.4 Å². The Labute approximate surface area is 245 Å². The average molecular weight is 601 g/mol. The minimum Gasteiger partial charge on any atom is -0.354 e. The third-order valence-corrected chi connectivity index (χ3v) is 7.82. The molecule has 2 amide bonds. The molecule has 0 spiro atoms. The van der Waals surface area contributed by atoms with Crippen LogP contribution in [0.3, 0.4) is 0 Å². The molecule has 3 aromatic carbocycles. The zero-order chi connectivity index (χ0) is 30.2. The molecular formula is C29H33ClN4O6S. The maximum absolute atomic E-state index is 14.1. The minimum absolute atomic E-state index is 0.00142. The van der Waals surface area contributed by atoms with Crippen LogP contribution in [0.2, 0.25) is 5.02 Å². The lowest BCUT2D eigenvalue weighted by molar-refractivity contribution is -0.384. The maximum atomic E-state index is 14.1. The smallest absolute Gasteiger partial charge is 0.271 e. The Kier molecular flexibility index (Phi) is 10.8. The Balaban J connectivity index is 2.09. The van der Waals surface area contributed by atoms with E-state index in [9.17, 15) is 28.1 Å². The van der Waals surface area contributed by atoms with E-state index in [2.05, 4.69) is 5.32 Å². The fourth-order valence-corrected chi connectivity index (χ4v) is 5.31. The number of sulfonamides is 1. The first-order valence-electron chi connectivity index (χ1n) is 13.0. The van der Waals surface area contributed by atoms with Gasteiger partial charge < -0.3 is 10.2 Å². The van der Waals surface area contributed by atoms with Crippen molar-refractivity contribution in [2.75, 3.05) is 23.7 Å². The van der Waals surface area contributed by atoms with E-state index in [1.807, 2.05) is 37.3 Å². The molecule has 0 bridgehead atoms. The van der Waals surface area contributed by atoms with Crippen molar-refractivity contribution in [3.05, 3.63) is 105 Å². The average Bonchev–Trinajstić information content (AvgIpc) is 2.93. The fraction of sp³-hybridized carbons (Fsp3) is 0.310. The van der Waals surface area contributed by atoms with Crippen molar-refractivity contribution in [1.29, 1.82) is 0 Å². The van der Waals surface area contributed by atoms with Crippen LogP contribution in [0.5, 0.6) is 0 Å². The lowest BCUT2D eigenvalue weighted by Gasteiger charge is -2.33. The van der Waals surface area contributed by atoms with Gasteiger partial charge in [0.25, 0.3) is 5.69 Å². The quantitative estimate of drug-likeness (QED) is 0.227. The number of aryl methyl sites for hydroxylation is 1. The highest BCUT2D eigenvalue weighted by atomic mass is 35.5. The molecular weight excluding hydrogens is 568 g/mol. The number of carbonyl (C=O) groups excluding carboxylic acids is 2. The second-order valence-electron chi connectivity index (χ2n) is 9.64. The summed E-state index contributed by atoms with van der Waals surface area (Å²) in [7, 11) is -4.06. The van der Waals surface area contributed by atoms with Crippen LogP contribution >= 0.6 is 11.6 Å². The van der Waals surface area contributed by atoms with E-state index in [0.717, 1.165) is 22.2 Å². The van der Waals surface area contributed by atoms with Crippen LogP contribution in [0.25, 0.3) is 0 Å². The molecule has 218 valence electrons. The number of nitro benzene ring substituents is 1. The monoisotopic (exact) mass is 600 g/mol. The van der Waals surface area contributed by atoms with Gasteiger partial charge in [-0.25, -0.2) is 8.42 Å². The Morgan fingerprint density at radius 1 is 1.02 bits per heavy atom. The number of anilines is 1. The van der Waals surface area contributed by atoms with Crippen molar-refractivity contribution in [3.63, 3.8) is 0 Å². The predicted molar refractivity (Wildman–Crippen MR) is 159 cm³/mol. The van der Waals surface area contributed by atoms with E-state index in [4.69, 9.17) is 11.6 Å². The highest BCUT2D eigenvalue weighted by molar-refractivity contribution is 7.92. The highest BCUT2D eigenvalue weighted by Crippen LogP contribution is 2.28. The largest absolute Gasteiger partial charge is 0.354 e. The molecule has 0 heterocycles. The number of hydrogen-bond donors (Lipinski definition) is 1. The van der Waals surface area contributed by atoms with Gasteiger partial charge in [0, 0.05) is 36.7 Å². The molecule has 0 aromatic heterocycles. The van der Waals surface area contributed by atoms with E-state index in [1.165, 1.54) is 17.0 Å². The second-order valence-corrected chi connectivity index (χ2v) is 12.0. The fourth-order valence-electron chi connectivity index (χ4n) is 4.28. The lowest BCUT2D eigenvalue weighted by Crippen LogP contribution is -2.53. The number of nitrogens with one attached hydrogen (secondary N) is 1. The molecule has 41 heavy (non-hydrogen) atoms. The Morgan fingerprint density at radius 2 is 1.68 bits per heavy atom. The number of nitro groups is 1. The lowest BCUT2D eigenvalue weighted by atomic mass is 10.0. The van der Waals surface area contributed by atoms with Crippen molar-refractivity contribution in [2.45, 2.75) is 39.3 Å². The first kappa shape index (κ1) is 31.6. The third-order valence-electron chi connectivity index (χ3n) is 6.44. The standard InChI is InChI=1S/C29H33ClN4O6S/c1-4-16-31-29(36)27(17-22-8-6-5-7-9-22)32(19-23-11-13-24(30)14-12-23)28(35)20-33(41(3,39)40)26-18-25(34(37)38)15-10-21(26)2/h5-15,18,27H,4,16-17,19-20H2,1-3H3,(H,31,36)/t27-/m0/s1. The van der Waals surface area contributed by atoms with E-state index in [1.54, 1.807) is 31.2 Å². The van der Waals surface area contributed by atoms with E-state index in [-0.39, 0.29) is 30.2 Å². The van der Waals surface area contributed by atoms with Gasteiger partial charge in [-0.05, 0) is 42.2 Å². The molecule has 1 atom stereocenters. The maximum Gasteiger partial charge on any atom is 0.271 e. The SMILES string of the molecule is CCCNC(=O)[C@H](Cc1ccccc1)N(Cc1ccc(Cl)cc1)C(=O)CN(c1cc([N+](=O)[O-])ccc1C)S(C)(=O)=O. The summed E-state index contributed by atoms with van der Waals surface area (Å²) >= 11 is 6.06. The molecule has 0 saturated heterocycles. The molecule has 0 aliphatic carbocycles. The summed E-state index contributed by atoms with van der Waals surface area (Å²) in [5.41, 5.74) is 1.62. The molecule has 0 unspecified atom stereocenters. The van der Waals surface area contributed by atoms with Gasteiger partial charge in [0.1, 0.15) is 12.6 Å². The molecule has 12 heteroatoms. The van der Waals surface area contributed by atoms with Crippen LogP contribution in [0.4, 0.5) is 11.4 Å². The number of benzene rings is 3. The van der Waals surface area contributed by atoms with Gasteiger partial charge in [0.2, 0.25) is 21.8 Å². The van der Waals surface area contributed by atoms with Gasteiger partial charge in [0.05, 0.1) is 16.9 Å². The van der Waals surface area contributed by atoms with Crippen LogP contribution in [-0.2, 0) is 32.6 Å². The highest BCUT2D eigenvalue weighted by Gasteiger charge is 2.33. The predicted octanol–water partition coefficient (Wildman–Crippen LogP) is 4.49. The Bertz CT molecular complexity index is 1480. The van der Waals surface area contributed by atoms with Crippen molar-refractivity contribution in [3.8, 4) is 0 Å². The summed E-state index contributed by atoms with van der Waals surface area (Å²) in [4.78, 5) is 39.7. The van der Waals surface area contributed by atoms with Crippen molar-refractivity contribution < 1.29 is 22.9 Å². The van der Waals surface area contributed by atoms with Crippen molar-refractivity contribution in [1.82, 2.24) is 10.2 Å². The van der Waals surface area contributed by atoms with Crippen LogP contribution in [0.15, 0.2) is 72.8 Å². The van der Waals surface area contributed by atoms with Gasteiger partial charge >= 0.3 is 0 Å². The van der Waals surface area contributed by atoms with Crippen LogP contribution in [0.1, 0.15) is 30.0 Å². The molecule has 0 aliphatic heterocycles. The van der Waals surface area contributed by atoms with Crippen LogP contribution < -0.4 is 9.62 Å². The Morgan fingerprint density at radius 3 is 2.27 bits per heavy atom. The normalized spacial score (nSPS) is 11.9. The number of halogens is 1. The van der Waals surface area contributed by atoms with E-state index in [0.29, 0.717) is 29.1 Å². The third kappa shape index (κ3) is 8.76. The molecule has 0 aliphatic rings. The number of carbonyl (C=O) groups is 2. The molecule has 3 aromatic rings. The minimum atomic E-state index is -4.06. The first-order chi connectivity index (χ1) is 19.4. The summed E-state index contributed by atoms with van der Waals surface area (Å²) in [5.74, 6) is -1.03. The van der Waals surface area contributed by atoms with E-state index < -0.39 is 33.4 Å². The number of rotatable bonds is 13. The molecule has 1 N–H and O–H groups in total. The van der Waals surface area contributed by atoms with Gasteiger partial charge in [-0.2, -0.15) is 0 Å². The number of non-ortho nitro benzene ring substituents is 1. The number of nitrogens with zero attached hydrogens (tertiary/aromatic N) is 3. The zero-order valence-electron chi connectivity index (χ0n) is 23.1. The summed E-state index contributed by atoms with van der Waals surface area (Å²) in [6.45, 7) is 3.24. The molecule has 10 nitrogen and oxygen atoms in total. The van der Waals surface area contributed by atoms with Crippen molar-refractivity contribution in [2.24, 2.45) is 0 Å². The summed E-state index contributed by atoms with van der Waals surface area (Å²) in [5, 5.41) is 14.8. The molecule has 0 radical (unpaired) electrons. The Hall–Kier alpha value is -3.96. The summed E-state index contributed by atoms with van der Waals surface area (Å²) < 4.78 is 26.7. The van der Waals surface area contributed by atoms with Gasteiger partial charge in [0.15, 0.2) is 0 Å². The first-order valence-corrected chi connectivity index (χ1v) is 15.2. The van der Waals surface area contributed by atoms with E-state index >= 15 is 0 Å². The number of amides is 2. The van der Waals surface area contributed by atoms with Crippen LogP contribution in [0, 0.1) is 17.0 Å². The van der Waals surface area contributed by atoms with Gasteiger partial charge in [-0.3, -0.25) is 24.0 Å². The van der Waals surface area contributed by atoms with Gasteiger partial charge in [-0.15, -0.1) is 0 Å². The van der Waals surface area contributed by atoms with Crippen molar-refractivity contribution >= 4 is 44.8 Å². The second kappa shape index (κ2) is 14.1. The molecule has 0 saturated carbocycles. The summed E-state index contributed by atoms with van der Waals surface area (Å²) in [6, 6.07) is 18.8.